The summed E-state index contributed by atoms with van der Waals surface area (Å²) in [7, 11) is -2.16. The molecule has 2 aromatic rings. The highest BCUT2D eigenvalue weighted by molar-refractivity contribution is 7.89. The second kappa shape index (κ2) is 6.72. The van der Waals surface area contributed by atoms with Gasteiger partial charge in [0.05, 0.1) is 17.7 Å². The number of hydrogen-bond donors (Lipinski definition) is 0. The SMILES string of the molecule is C=C1CCC(c2ccc(OC)cc2)=NN1S(=O)(=O)c1ccc(C)cc1. The Hall–Kier alpha value is -2.60. The van der Waals surface area contributed by atoms with Crippen LogP contribution in [0.4, 0.5) is 0 Å². The van der Waals surface area contributed by atoms with Gasteiger partial charge in [0.25, 0.3) is 10.0 Å². The topological polar surface area (TPSA) is 59.0 Å². The van der Waals surface area contributed by atoms with Gasteiger partial charge in [-0.1, -0.05) is 24.3 Å². The minimum Gasteiger partial charge on any atom is -0.497 e. The molecule has 0 amide bonds. The molecule has 0 radical (unpaired) electrons. The highest BCUT2D eigenvalue weighted by Crippen LogP contribution is 2.28. The fraction of sp³-hybridized carbons (Fsp3) is 0.211. The molecule has 0 saturated heterocycles. The van der Waals surface area contributed by atoms with Crippen molar-refractivity contribution >= 4 is 15.7 Å². The van der Waals surface area contributed by atoms with E-state index in [1.54, 1.807) is 31.4 Å². The fourth-order valence-corrected chi connectivity index (χ4v) is 3.92. The van der Waals surface area contributed by atoms with Crippen molar-refractivity contribution in [1.82, 2.24) is 4.41 Å². The summed E-state index contributed by atoms with van der Waals surface area (Å²) < 4.78 is 32.1. The Morgan fingerprint density at radius 2 is 1.68 bits per heavy atom. The Morgan fingerprint density at radius 3 is 2.28 bits per heavy atom. The van der Waals surface area contributed by atoms with Gasteiger partial charge in [0.2, 0.25) is 0 Å². The van der Waals surface area contributed by atoms with Gasteiger partial charge in [0, 0.05) is 5.70 Å². The van der Waals surface area contributed by atoms with Crippen LogP contribution in [-0.4, -0.2) is 25.7 Å². The van der Waals surface area contributed by atoms with Crippen LogP contribution in [0.3, 0.4) is 0 Å². The Morgan fingerprint density at radius 1 is 1.04 bits per heavy atom. The van der Waals surface area contributed by atoms with E-state index in [4.69, 9.17) is 4.74 Å². The van der Waals surface area contributed by atoms with E-state index in [2.05, 4.69) is 11.7 Å². The Bertz CT molecular complexity index is 914. The van der Waals surface area contributed by atoms with E-state index in [-0.39, 0.29) is 4.90 Å². The van der Waals surface area contributed by atoms with E-state index in [9.17, 15) is 8.42 Å². The monoisotopic (exact) mass is 356 g/mol. The van der Waals surface area contributed by atoms with Gasteiger partial charge in [0.1, 0.15) is 5.75 Å². The maximum atomic E-state index is 12.9. The predicted molar refractivity (Wildman–Crippen MR) is 98.1 cm³/mol. The quantitative estimate of drug-likeness (QED) is 0.839. The van der Waals surface area contributed by atoms with Gasteiger partial charge in [0.15, 0.2) is 0 Å². The molecule has 0 atom stereocenters. The summed E-state index contributed by atoms with van der Waals surface area (Å²) in [6, 6.07) is 14.1. The first kappa shape index (κ1) is 17.2. The zero-order valence-electron chi connectivity index (χ0n) is 14.3. The first-order valence-corrected chi connectivity index (χ1v) is 9.37. The van der Waals surface area contributed by atoms with Gasteiger partial charge in [-0.25, -0.2) is 0 Å². The minimum absolute atomic E-state index is 0.207. The third kappa shape index (κ3) is 3.44. The second-order valence-corrected chi connectivity index (χ2v) is 7.67. The van der Waals surface area contributed by atoms with E-state index < -0.39 is 10.0 Å². The van der Waals surface area contributed by atoms with Crippen LogP contribution in [0.5, 0.6) is 5.75 Å². The predicted octanol–water partition coefficient (Wildman–Crippen LogP) is 3.71. The largest absolute Gasteiger partial charge is 0.497 e. The summed E-state index contributed by atoms with van der Waals surface area (Å²) in [5, 5.41) is 4.38. The highest BCUT2D eigenvalue weighted by atomic mass is 32.2. The average molecular weight is 356 g/mol. The van der Waals surface area contributed by atoms with Crippen molar-refractivity contribution in [3.05, 3.63) is 71.9 Å². The molecule has 1 aliphatic rings. The van der Waals surface area contributed by atoms with E-state index in [1.807, 2.05) is 31.2 Å². The number of methoxy groups -OCH3 is 1. The molecule has 0 saturated carbocycles. The molecule has 130 valence electrons. The number of hydrazone groups is 1. The van der Waals surface area contributed by atoms with E-state index in [0.717, 1.165) is 21.3 Å². The lowest BCUT2D eigenvalue weighted by Gasteiger charge is -2.27. The first-order valence-electron chi connectivity index (χ1n) is 7.93. The van der Waals surface area contributed by atoms with Crippen molar-refractivity contribution in [3.63, 3.8) is 0 Å². The lowest BCUT2D eigenvalue weighted by Crippen LogP contribution is -2.30. The number of allylic oxidation sites excluding steroid dienone is 1. The maximum Gasteiger partial charge on any atom is 0.283 e. The smallest absolute Gasteiger partial charge is 0.283 e. The van der Waals surface area contributed by atoms with Crippen LogP contribution in [0.25, 0.3) is 0 Å². The van der Waals surface area contributed by atoms with Gasteiger partial charge in [-0.15, -0.1) is 0 Å². The summed E-state index contributed by atoms with van der Waals surface area (Å²) in [5.74, 6) is 0.744. The van der Waals surface area contributed by atoms with Crippen LogP contribution in [0.2, 0.25) is 0 Å². The number of aryl methyl sites for hydroxylation is 1. The van der Waals surface area contributed by atoms with Crippen molar-refractivity contribution in [3.8, 4) is 5.75 Å². The summed E-state index contributed by atoms with van der Waals surface area (Å²) >= 11 is 0. The second-order valence-electron chi connectivity index (χ2n) is 5.90. The molecule has 1 aliphatic heterocycles. The lowest BCUT2D eigenvalue weighted by atomic mass is 10.0. The molecule has 1 heterocycles. The summed E-state index contributed by atoms with van der Waals surface area (Å²) in [4.78, 5) is 0.207. The van der Waals surface area contributed by atoms with Gasteiger partial charge in [-0.05, 0) is 61.7 Å². The minimum atomic E-state index is -3.76. The Kier molecular flexibility index (Phi) is 4.63. The number of sulfonamides is 1. The number of benzene rings is 2. The highest BCUT2D eigenvalue weighted by Gasteiger charge is 2.29. The number of ether oxygens (including phenoxy) is 1. The van der Waals surface area contributed by atoms with E-state index >= 15 is 0 Å². The molecule has 0 aliphatic carbocycles. The van der Waals surface area contributed by atoms with Crippen molar-refractivity contribution in [2.45, 2.75) is 24.7 Å². The number of hydrogen-bond acceptors (Lipinski definition) is 4. The third-order valence-electron chi connectivity index (χ3n) is 4.10. The molecule has 0 N–H and O–H groups in total. The molecule has 0 aromatic heterocycles. The van der Waals surface area contributed by atoms with E-state index in [0.29, 0.717) is 24.3 Å². The zero-order chi connectivity index (χ0) is 18.0. The van der Waals surface area contributed by atoms with Crippen LogP contribution in [0, 0.1) is 6.92 Å². The Labute approximate surface area is 148 Å². The van der Waals surface area contributed by atoms with Crippen molar-refractivity contribution in [2.75, 3.05) is 7.11 Å². The van der Waals surface area contributed by atoms with Crippen LogP contribution in [0.15, 0.2) is 70.8 Å². The molecule has 0 spiro atoms. The molecular formula is C19H20N2O3S. The van der Waals surface area contributed by atoms with Gasteiger partial charge in [-0.2, -0.15) is 17.9 Å². The summed E-state index contributed by atoms with van der Waals surface area (Å²) in [5.41, 5.74) is 3.06. The van der Waals surface area contributed by atoms with Gasteiger partial charge < -0.3 is 4.74 Å². The number of rotatable bonds is 4. The fourth-order valence-electron chi connectivity index (χ4n) is 2.61. The Balaban J connectivity index is 1.98. The molecular weight excluding hydrogens is 336 g/mol. The van der Waals surface area contributed by atoms with Crippen LogP contribution >= 0.6 is 0 Å². The molecule has 2 aromatic carbocycles. The van der Waals surface area contributed by atoms with Crippen molar-refractivity contribution < 1.29 is 13.2 Å². The third-order valence-corrected chi connectivity index (χ3v) is 5.77. The molecule has 6 heteroatoms. The van der Waals surface area contributed by atoms with Crippen LogP contribution in [-0.2, 0) is 10.0 Å². The molecule has 0 unspecified atom stereocenters. The van der Waals surface area contributed by atoms with Crippen LogP contribution < -0.4 is 4.74 Å². The normalized spacial score (nSPS) is 15.0. The molecule has 3 rings (SSSR count). The molecule has 25 heavy (non-hydrogen) atoms. The van der Waals surface area contributed by atoms with Crippen LogP contribution in [0.1, 0.15) is 24.0 Å². The van der Waals surface area contributed by atoms with Gasteiger partial charge in [-0.3, -0.25) is 0 Å². The molecule has 5 nitrogen and oxygen atoms in total. The zero-order valence-corrected chi connectivity index (χ0v) is 15.1. The lowest BCUT2D eigenvalue weighted by molar-refractivity contribution is 0.414. The van der Waals surface area contributed by atoms with E-state index in [1.165, 1.54) is 0 Å². The van der Waals surface area contributed by atoms with Gasteiger partial charge >= 0.3 is 0 Å². The van der Waals surface area contributed by atoms with Crippen molar-refractivity contribution in [1.29, 1.82) is 0 Å². The summed E-state index contributed by atoms with van der Waals surface area (Å²) in [6.07, 6.45) is 1.18. The first-order chi connectivity index (χ1) is 11.9. The van der Waals surface area contributed by atoms with Crippen molar-refractivity contribution in [2.24, 2.45) is 5.10 Å². The summed E-state index contributed by atoms with van der Waals surface area (Å²) in [6.45, 7) is 5.79. The maximum absolute atomic E-state index is 12.9. The molecule has 0 fully saturated rings. The molecule has 0 bridgehead atoms. The number of nitrogens with zero attached hydrogens (tertiary/aromatic N) is 2. The average Bonchev–Trinajstić information content (AvgIpc) is 2.62. The standard InChI is InChI=1S/C19H20N2O3S/c1-14-4-11-18(12-5-14)25(22,23)21-15(2)6-13-19(20-21)16-7-9-17(24-3)10-8-16/h4-5,7-12H,2,6,13H2,1,3H3.